The molecule has 1 aromatic carbocycles. The summed E-state index contributed by atoms with van der Waals surface area (Å²) in [6.45, 7) is 3.18. The van der Waals surface area contributed by atoms with Crippen LogP contribution in [0, 0.1) is 0 Å². The zero-order chi connectivity index (χ0) is 11.8. The van der Waals surface area contributed by atoms with Gasteiger partial charge in [-0.05, 0) is 24.1 Å². The lowest BCUT2D eigenvalue weighted by Gasteiger charge is -2.12. The van der Waals surface area contributed by atoms with Gasteiger partial charge in [0.05, 0.1) is 12.6 Å². The normalized spacial score (nSPS) is 12.4. The van der Waals surface area contributed by atoms with Gasteiger partial charge in [0, 0.05) is 7.11 Å². The molecule has 0 saturated heterocycles. The highest BCUT2D eigenvalue weighted by atomic mass is 16.5. The molecule has 0 fully saturated rings. The monoisotopic (exact) mass is 223 g/mol. The molecule has 0 radical (unpaired) electrons. The van der Waals surface area contributed by atoms with E-state index in [1.165, 1.54) is 12.0 Å². The van der Waals surface area contributed by atoms with Crippen LogP contribution in [0.1, 0.15) is 18.9 Å². The van der Waals surface area contributed by atoms with Crippen molar-refractivity contribution in [3.8, 4) is 5.75 Å². The highest BCUT2D eigenvalue weighted by molar-refractivity contribution is 5.27. The predicted octanol–water partition coefficient (Wildman–Crippen LogP) is 1.99. The highest BCUT2D eigenvalue weighted by Crippen LogP contribution is 2.13. The van der Waals surface area contributed by atoms with Gasteiger partial charge in [0.25, 0.3) is 0 Å². The minimum atomic E-state index is -0.0691. The fourth-order valence-corrected chi connectivity index (χ4v) is 1.51. The lowest BCUT2D eigenvalue weighted by Crippen LogP contribution is -2.32. The van der Waals surface area contributed by atoms with Gasteiger partial charge in [-0.3, -0.25) is 0 Å². The van der Waals surface area contributed by atoms with Crippen molar-refractivity contribution in [1.82, 2.24) is 0 Å². The van der Waals surface area contributed by atoms with Crippen molar-refractivity contribution in [1.29, 1.82) is 0 Å². The van der Waals surface area contributed by atoms with Crippen molar-refractivity contribution < 1.29 is 9.47 Å². The first kappa shape index (κ1) is 13.0. The molecule has 0 aliphatic heterocycles. The standard InChI is InChI=1S/C13H21NO2/c1-3-4-11-5-7-13(8-6-11)16-10-12(14)9-15-2/h5-8,12H,3-4,9-10,14H2,1-2H3. The first-order valence-electron chi connectivity index (χ1n) is 5.72. The summed E-state index contributed by atoms with van der Waals surface area (Å²) < 4.78 is 10.5. The molecule has 1 rings (SSSR count). The Kier molecular flexibility index (Phi) is 5.90. The van der Waals surface area contributed by atoms with Gasteiger partial charge in [-0.1, -0.05) is 25.5 Å². The second-order valence-electron chi connectivity index (χ2n) is 3.92. The van der Waals surface area contributed by atoms with Gasteiger partial charge < -0.3 is 15.2 Å². The molecule has 1 atom stereocenters. The first-order valence-corrected chi connectivity index (χ1v) is 5.72. The van der Waals surface area contributed by atoms with Gasteiger partial charge in [0.15, 0.2) is 0 Å². The zero-order valence-corrected chi connectivity index (χ0v) is 10.1. The van der Waals surface area contributed by atoms with E-state index in [0.717, 1.165) is 12.2 Å². The minimum Gasteiger partial charge on any atom is -0.492 e. The van der Waals surface area contributed by atoms with Gasteiger partial charge in [-0.25, -0.2) is 0 Å². The number of hydrogen-bond donors (Lipinski definition) is 1. The van der Waals surface area contributed by atoms with Crippen LogP contribution in [-0.2, 0) is 11.2 Å². The van der Waals surface area contributed by atoms with Crippen molar-refractivity contribution in [2.45, 2.75) is 25.8 Å². The summed E-state index contributed by atoms with van der Waals surface area (Å²) in [5, 5.41) is 0. The van der Waals surface area contributed by atoms with E-state index in [1.54, 1.807) is 7.11 Å². The molecule has 2 N–H and O–H groups in total. The summed E-state index contributed by atoms with van der Waals surface area (Å²) in [5.41, 5.74) is 7.10. The van der Waals surface area contributed by atoms with E-state index in [-0.39, 0.29) is 6.04 Å². The average molecular weight is 223 g/mol. The molecule has 3 heteroatoms. The van der Waals surface area contributed by atoms with Crippen LogP contribution in [0.2, 0.25) is 0 Å². The third kappa shape index (κ3) is 4.64. The summed E-state index contributed by atoms with van der Waals surface area (Å²) >= 11 is 0. The number of rotatable bonds is 7. The number of aryl methyl sites for hydroxylation is 1. The third-order valence-electron chi connectivity index (χ3n) is 2.31. The molecular weight excluding hydrogens is 202 g/mol. The van der Waals surface area contributed by atoms with Crippen LogP contribution in [0.15, 0.2) is 24.3 Å². The molecule has 1 aromatic rings. The largest absolute Gasteiger partial charge is 0.492 e. The van der Waals surface area contributed by atoms with Crippen LogP contribution in [0.3, 0.4) is 0 Å². The summed E-state index contributed by atoms with van der Waals surface area (Å²) in [7, 11) is 1.64. The van der Waals surface area contributed by atoms with E-state index in [9.17, 15) is 0 Å². The second kappa shape index (κ2) is 7.25. The number of ether oxygens (including phenoxy) is 2. The van der Waals surface area contributed by atoms with Gasteiger partial charge in [-0.15, -0.1) is 0 Å². The molecule has 0 aromatic heterocycles. The number of benzene rings is 1. The van der Waals surface area contributed by atoms with Crippen LogP contribution >= 0.6 is 0 Å². The summed E-state index contributed by atoms with van der Waals surface area (Å²) in [5.74, 6) is 0.867. The fourth-order valence-electron chi connectivity index (χ4n) is 1.51. The number of methoxy groups -OCH3 is 1. The van der Waals surface area contributed by atoms with E-state index in [2.05, 4.69) is 19.1 Å². The Morgan fingerprint density at radius 3 is 2.44 bits per heavy atom. The highest BCUT2D eigenvalue weighted by Gasteiger charge is 2.02. The van der Waals surface area contributed by atoms with E-state index in [1.807, 2.05) is 12.1 Å². The fraction of sp³-hybridized carbons (Fsp3) is 0.538. The van der Waals surface area contributed by atoms with Crippen LogP contribution in [0.5, 0.6) is 5.75 Å². The summed E-state index contributed by atoms with van der Waals surface area (Å²) in [6.07, 6.45) is 2.28. The van der Waals surface area contributed by atoms with Crippen molar-refractivity contribution >= 4 is 0 Å². The van der Waals surface area contributed by atoms with E-state index in [0.29, 0.717) is 13.2 Å². The minimum absolute atomic E-state index is 0.0691. The van der Waals surface area contributed by atoms with Gasteiger partial charge in [0.1, 0.15) is 12.4 Å². The summed E-state index contributed by atoms with van der Waals surface area (Å²) in [4.78, 5) is 0. The molecule has 0 spiro atoms. The quantitative estimate of drug-likeness (QED) is 0.769. The Bertz CT molecular complexity index is 284. The van der Waals surface area contributed by atoms with E-state index >= 15 is 0 Å². The Morgan fingerprint density at radius 2 is 1.88 bits per heavy atom. The molecule has 3 nitrogen and oxygen atoms in total. The Hall–Kier alpha value is -1.06. The topological polar surface area (TPSA) is 44.5 Å². The van der Waals surface area contributed by atoms with Crippen molar-refractivity contribution in [2.75, 3.05) is 20.3 Å². The molecular formula is C13H21NO2. The van der Waals surface area contributed by atoms with Crippen LogP contribution < -0.4 is 10.5 Å². The van der Waals surface area contributed by atoms with E-state index < -0.39 is 0 Å². The Labute approximate surface area is 97.6 Å². The predicted molar refractivity (Wildman–Crippen MR) is 65.8 cm³/mol. The second-order valence-corrected chi connectivity index (χ2v) is 3.92. The molecule has 90 valence electrons. The van der Waals surface area contributed by atoms with Gasteiger partial charge in [-0.2, -0.15) is 0 Å². The average Bonchev–Trinajstić information content (AvgIpc) is 2.29. The van der Waals surface area contributed by atoms with Gasteiger partial charge in [0.2, 0.25) is 0 Å². The maximum atomic E-state index is 5.76. The Balaban J connectivity index is 2.37. The smallest absolute Gasteiger partial charge is 0.119 e. The van der Waals surface area contributed by atoms with Crippen LogP contribution in [0.4, 0.5) is 0 Å². The molecule has 0 amide bonds. The van der Waals surface area contributed by atoms with Crippen LogP contribution in [0.25, 0.3) is 0 Å². The molecule has 0 aliphatic carbocycles. The number of hydrogen-bond acceptors (Lipinski definition) is 3. The maximum absolute atomic E-state index is 5.76. The van der Waals surface area contributed by atoms with E-state index in [4.69, 9.17) is 15.2 Å². The lowest BCUT2D eigenvalue weighted by atomic mass is 10.1. The van der Waals surface area contributed by atoms with Gasteiger partial charge >= 0.3 is 0 Å². The molecule has 0 heterocycles. The van der Waals surface area contributed by atoms with Crippen molar-refractivity contribution in [2.24, 2.45) is 5.73 Å². The molecule has 0 saturated carbocycles. The molecule has 1 unspecified atom stereocenters. The van der Waals surface area contributed by atoms with Crippen molar-refractivity contribution in [3.63, 3.8) is 0 Å². The number of nitrogens with two attached hydrogens (primary N) is 1. The third-order valence-corrected chi connectivity index (χ3v) is 2.31. The SMILES string of the molecule is CCCc1ccc(OCC(N)COC)cc1. The van der Waals surface area contributed by atoms with Crippen LogP contribution in [-0.4, -0.2) is 26.4 Å². The van der Waals surface area contributed by atoms with Crippen molar-refractivity contribution in [3.05, 3.63) is 29.8 Å². The molecule has 0 bridgehead atoms. The first-order chi connectivity index (χ1) is 7.76. The molecule has 16 heavy (non-hydrogen) atoms. The molecule has 0 aliphatic rings. The summed E-state index contributed by atoms with van der Waals surface area (Å²) in [6, 6.07) is 8.11. The lowest BCUT2D eigenvalue weighted by molar-refractivity contribution is 0.152. The Morgan fingerprint density at radius 1 is 1.19 bits per heavy atom. The maximum Gasteiger partial charge on any atom is 0.119 e. The zero-order valence-electron chi connectivity index (χ0n) is 10.1.